The number of hydrogen-bond acceptors (Lipinski definition) is 6. The minimum absolute atomic E-state index is 0.0963. The second-order valence-corrected chi connectivity index (χ2v) is 20.6. The van der Waals surface area contributed by atoms with Gasteiger partial charge in [0.05, 0.1) is 0 Å². The van der Waals surface area contributed by atoms with Crippen molar-refractivity contribution < 1.29 is 28.6 Å². The largest absolute Gasteiger partial charge is 0.462 e. The van der Waals surface area contributed by atoms with E-state index in [4.69, 9.17) is 14.2 Å². The van der Waals surface area contributed by atoms with Crippen LogP contribution >= 0.6 is 0 Å². The molecule has 0 aromatic heterocycles. The summed E-state index contributed by atoms with van der Waals surface area (Å²) >= 11 is 0. The van der Waals surface area contributed by atoms with Gasteiger partial charge in [-0.25, -0.2) is 0 Å². The Kier molecular flexibility index (Phi) is 60.4. The molecule has 6 nitrogen and oxygen atoms in total. The molecular formula is C71H116O6. The molecule has 0 saturated carbocycles. The van der Waals surface area contributed by atoms with Crippen LogP contribution in [0.2, 0.25) is 0 Å². The standard InChI is InChI=1S/C71H116O6/c1-4-7-10-13-16-18-20-22-24-26-28-30-32-34-35-37-38-40-42-44-46-48-50-52-55-58-61-64-70(73)76-67-68(66-75-69(72)63-60-57-54-15-12-9-6-3)77-71(74)65-62-59-56-53-51-49-47-45-43-41-39-36-33-31-29-27-25-23-21-19-17-14-11-8-5-2/h7,10,16,18,21-24,27-30,33-36,38,40,44,46,50,52,68H,4-6,8-9,11-15,17,19-20,25-26,31-32,37,39,41-43,45,47-49,51,53-67H2,1-3H3/b10-7-,18-16-,23-21-,24-22-,29-27-,30-28-,35-34-,36-33-,40-38-,46-44-,52-50-. The lowest BCUT2D eigenvalue weighted by Gasteiger charge is -2.18. The lowest BCUT2D eigenvalue weighted by Crippen LogP contribution is -2.30. The summed E-state index contributed by atoms with van der Waals surface area (Å²) in [6.07, 6.45) is 90.5. The van der Waals surface area contributed by atoms with E-state index in [1.807, 2.05) is 0 Å². The average Bonchev–Trinajstić information content (AvgIpc) is 3.43. The van der Waals surface area contributed by atoms with Crippen molar-refractivity contribution >= 4 is 17.9 Å². The SMILES string of the molecule is CC/C=C\C/C=C\C/C=C\C/C=C\C/C=C\C/C=C\C/C=C\C/C=C\CCCCC(=O)OCC(COC(=O)CCCCCCCCC)OC(=O)CCCCCCCCCCCC/C=C\C/C=C\C/C=C\CCCCCCC. The van der Waals surface area contributed by atoms with Gasteiger partial charge in [0.15, 0.2) is 6.10 Å². The van der Waals surface area contributed by atoms with E-state index in [1.165, 1.54) is 116 Å². The summed E-state index contributed by atoms with van der Waals surface area (Å²) in [4.78, 5) is 38.1. The third-order valence-corrected chi connectivity index (χ3v) is 13.1. The lowest BCUT2D eigenvalue weighted by atomic mass is 10.0. The van der Waals surface area contributed by atoms with E-state index in [0.717, 1.165) is 116 Å². The second-order valence-electron chi connectivity index (χ2n) is 20.6. The van der Waals surface area contributed by atoms with Crippen molar-refractivity contribution in [2.45, 2.75) is 284 Å². The first-order chi connectivity index (χ1) is 38.0. The third kappa shape index (κ3) is 62.3. The molecule has 1 atom stereocenters. The Morgan fingerprint density at radius 1 is 0.273 bits per heavy atom. The topological polar surface area (TPSA) is 78.9 Å². The van der Waals surface area contributed by atoms with Crippen LogP contribution in [0.3, 0.4) is 0 Å². The molecule has 0 aromatic carbocycles. The van der Waals surface area contributed by atoms with E-state index in [-0.39, 0.29) is 31.1 Å². The predicted molar refractivity (Wildman–Crippen MR) is 334 cm³/mol. The van der Waals surface area contributed by atoms with Crippen molar-refractivity contribution in [1.82, 2.24) is 0 Å². The number of rotatable bonds is 56. The number of hydrogen-bond donors (Lipinski definition) is 0. The van der Waals surface area contributed by atoms with Crippen LogP contribution in [0.5, 0.6) is 0 Å². The highest BCUT2D eigenvalue weighted by Gasteiger charge is 2.19. The summed E-state index contributed by atoms with van der Waals surface area (Å²) in [5.41, 5.74) is 0. The minimum atomic E-state index is -0.801. The van der Waals surface area contributed by atoms with Gasteiger partial charge in [-0.05, 0) is 122 Å². The molecular weight excluding hydrogens is 949 g/mol. The maximum absolute atomic E-state index is 12.9. The van der Waals surface area contributed by atoms with Crippen LogP contribution in [0.25, 0.3) is 0 Å². The first-order valence-electron chi connectivity index (χ1n) is 31.7. The number of unbranched alkanes of at least 4 members (excludes halogenated alkanes) is 23. The van der Waals surface area contributed by atoms with Gasteiger partial charge in [-0.2, -0.15) is 0 Å². The molecule has 0 heterocycles. The normalized spacial score (nSPS) is 13.0. The van der Waals surface area contributed by atoms with Gasteiger partial charge < -0.3 is 14.2 Å². The summed E-state index contributed by atoms with van der Waals surface area (Å²) in [7, 11) is 0. The van der Waals surface area contributed by atoms with Crippen molar-refractivity contribution in [3.8, 4) is 0 Å². The number of esters is 3. The zero-order valence-electron chi connectivity index (χ0n) is 49.9. The van der Waals surface area contributed by atoms with Gasteiger partial charge in [0.1, 0.15) is 13.2 Å². The summed E-state index contributed by atoms with van der Waals surface area (Å²) in [5, 5.41) is 0. The summed E-state index contributed by atoms with van der Waals surface area (Å²) < 4.78 is 16.8. The molecule has 0 spiro atoms. The number of allylic oxidation sites excluding steroid dienone is 22. The Hall–Kier alpha value is -4.45. The number of carbonyl (C=O) groups excluding carboxylic acids is 3. The molecule has 77 heavy (non-hydrogen) atoms. The highest BCUT2D eigenvalue weighted by molar-refractivity contribution is 5.71. The van der Waals surface area contributed by atoms with Crippen LogP contribution in [0.4, 0.5) is 0 Å². The highest BCUT2D eigenvalue weighted by Crippen LogP contribution is 2.15. The zero-order valence-corrected chi connectivity index (χ0v) is 49.9. The Bertz CT molecular complexity index is 1650. The van der Waals surface area contributed by atoms with Crippen LogP contribution in [0, 0.1) is 0 Å². The number of carbonyl (C=O) groups is 3. The van der Waals surface area contributed by atoms with Crippen LogP contribution in [0.15, 0.2) is 134 Å². The van der Waals surface area contributed by atoms with Crippen LogP contribution in [-0.4, -0.2) is 37.2 Å². The molecule has 0 amide bonds. The van der Waals surface area contributed by atoms with Crippen molar-refractivity contribution in [1.29, 1.82) is 0 Å². The average molecular weight is 1070 g/mol. The van der Waals surface area contributed by atoms with Gasteiger partial charge in [0, 0.05) is 19.3 Å². The van der Waals surface area contributed by atoms with Crippen molar-refractivity contribution in [2.24, 2.45) is 0 Å². The van der Waals surface area contributed by atoms with Crippen LogP contribution in [0.1, 0.15) is 278 Å². The fourth-order valence-corrected chi connectivity index (χ4v) is 8.41. The summed E-state index contributed by atoms with van der Waals surface area (Å²) in [6, 6.07) is 0. The van der Waals surface area contributed by atoms with Gasteiger partial charge in [0.2, 0.25) is 0 Å². The molecule has 0 aliphatic rings. The molecule has 0 N–H and O–H groups in total. The predicted octanol–water partition coefficient (Wildman–Crippen LogP) is 21.8. The van der Waals surface area contributed by atoms with E-state index in [0.29, 0.717) is 25.7 Å². The van der Waals surface area contributed by atoms with Gasteiger partial charge >= 0.3 is 17.9 Å². The molecule has 1 unspecified atom stereocenters. The quantitative estimate of drug-likeness (QED) is 0.0261. The molecule has 0 bridgehead atoms. The molecule has 6 heteroatoms. The van der Waals surface area contributed by atoms with E-state index in [1.54, 1.807) is 0 Å². The molecule has 436 valence electrons. The Labute approximate surface area is 475 Å². The van der Waals surface area contributed by atoms with E-state index >= 15 is 0 Å². The monoisotopic (exact) mass is 1060 g/mol. The maximum atomic E-state index is 12.9. The van der Waals surface area contributed by atoms with E-state index < -0.39 is 6.10 Å². The fraction of sp³-hybridized carbons (Fsp3) is 0.648. The maximum Gasteiger partial charge on any atom is 0.306 e. The molecule has 0 saturated heterocycles. The van der Waals surface area contributed by atoms with Crippen molar-refractivity contribution in [3.63, 3.8) is 0 Å². The van der Waals surface area contributed by atoms with Crippen molar-refractivity contribution in [3.05, 3.63) is 134 Å². The van der Waals surface area contributed by atoms with Gasteiger partial charge in [-0.1, -0.05) is 270 Å². The van der Waals surface area contributed by atoms with Crippen molar-refractivity contribution in [2.75, 3.05) is 13.2 Å². The molecule has 0 aromatic rings. The summed E-state index contributed by atoms with van der Waals surface area (Å²) in [5.74, 6) is -0.953. The summed E-state index contributed by atoms with van der Waals surface area (Å²) in [6.45, 7) is 6.43. The smallest absolute Gasteiger partial charge is 0.306 e. The lowest BCUT2D eigenvalue weighted by molar-refractivity contribution is -0.167. The van der Waals surface area contributed by atoms with E-state index in [9.17, 15) is 14.4 Å². The highest BCUT2D eigenvalue weighted by atomic mass is 16.6. The molecule has 0 aliphatic carbocycles. The van der Waals surface area contributed by atoms with Gasteiger partial charge in [-0.3, -0.25) is 14.4 Å². The Morgan fingerprint density at radius 2 is 0.506 bits per heavy atom. The van der Waals surface area contributed by atoms with Gasteiger partial charge in [0.25, 0.3) is 0 Å². The number of ether oxygens (including phenoxy) is 3. The minimum Gasteiger partial charge on any atom is -0.462 e. The van der Waals surface area contributed by atoms with Gasteiger partial charge in [-0.15, -0.1) is 0 Å². The Morgan fingerprint density at radius 3 is 0.818 bits per heavy atom. The molecule has 0 fully saturated rings. The fourth-order valence-electron chi connectivity index (χ4n) is 8.41. The van der Waals surface area contributed by atoms with Crippen LogP contribution in [-0.2, 0) is 28.6 Å². The first kappa shape index (κ1) is 72.5. The third-order valence-electron chi connectivity index (χ3n) is 13.1. The van der Waals surface area contributed by atoms with Crippen LogP contribution < -0.4 is 0 Å². The molecule has 0 aliphatic heterocycles. The molecule has 0 rings (SSSR count). The van der Waals surface area contributed by atoms with E-state index in [2.05, 4.69) is 154 Å². The molecule has 0 radical (unpaired) electrons. The Balaban J connectivity index is 4.27. The second kappa shape index (κ2) is 64.1. The zero-order chi connectivity index (χ0) is 55.7. The first-order valence-corrected chi connectivity index (χ1v) is 31.7.